The molecule has 0 bridgehead atoms. The van der Waals surface area contributed by atoms with Crippen molar-refractivity contribution < 1.29 is 32.4 Å². The fraction of sp³-hybridized carbons (Fsp3) is 0.188. The quantitative estimate of drug-likeness (QED) is 0.141. The summed E-state index contributed by atoms with van der Waals surface area (Å²) < 4.78 is 40.4. The molecule has 0 radical (unpaired) electrons. The van der Waals surface area contributed by atoms with Gasteiger partial charge in [-0.15, -0.1) is 0 Å². The van der Waals surface area contributed by atoms with Crippen molar-refractivity contribution in [1.82, 2.24) is 5.32 Å². The molecule has 44 heavy (non-hydrogen) atoms. The highest BCUT2D eigenvalue weighted by molar-refractivity contribution is 7.93. The maximum absolute atomic E-state index is 14.4. The summed E-state index contributed by atoms with van der Waals surface area (Å²) in [6.07, 6.45) is 0. The lowest BCUT2D eigenvalue weighted by molar-refractivity contribution is -0.582. The lowest BCUT2D eigenvalue weighted by atomic mass is 9.78. The van der Waals surface area contributed by atoms with E-state index in [9.17, 15) is 28.1 Å². The largest absolute Gasteiger partial charge is 0.468 e. The van der Waals surface area contributed by atoms with Crippen molar-refractivity contribution in [3.63, 3.8) is 0 Å². The normalized spacial score (nSPS) is 22.1. The van der Waals surface area contributed by atoms with Crippen LogP contribution in [0.5, 0.6) is 5.75 Å². The second-order valence-electron chi connectivity index (χ2n) is 10.6. The fourth-order valence-corrected chi connectivity index (χ4v) is 7.87. The van der Waals surface area contributed by atoms with E-state index in [1.165, 1.54) is 30.3 Å². The van der Waals surface area contributed by atoms with E-state index < -0.39 is 50.5 Å². The molecular formula is C32H27N3O8S. The second kappa shape index (κ2) is 10.9. The van der Waals surface area contributed by atoms with Gasteiger partial charge in [-0.2, -0.15) is 0 Å². The third-order valence-electron chi connectivity index (χ3n) is 8.13. The number of benzene rings is 4. The van der Waals surface area contributed by atoms with Crippen LogP contribution in [0.25, 0.3) is 0 Å². The van der Waals surface area contributed by atoms with Gasteiger partial charge in [0.05, 0.1) is 28.8 Å². The molecule has 0 spiro atoms. The van der Waals surface area contributed by atoms with Crippen molar-refractivity contribution in [3.05, 3.63) is 135 Å². The maximum Gasteiger partial charge on any atom is 0.343 e. The molecule has 2 aliphatic heterocycles. The molecule has 0 amide bonds. The van der Waals surface area contributed by atoms with Crippen molar-refractivity contribution in [2.75, 3.05) is 11.4 Å². The van der Waals surface area contributed by atoms with Crippen LogP contribution in [0.2, 0.25) is 0 Å². The van der Waals surface area contributed by atoms with Gasteiger partial charge < -0.3 is 9.47 Å². The van der Waals surface area contributed by atoms with Gasteiger partial charge in [0.15, 0.2) is 0 Å². The number of aryl methyl sites for hydroxylation is 1. The number of sulfonamides is 1. The Labute approximate surface area is 253 Å². The van der Waals surface area contributed by atoms with Gasteiger partial charge in [0.25, 0.3) is 15.6 Å². The molecule has 0 aromatic heterocycles. The summed E-state index contributed by atoms with van der Waals surface area (Å²) in [6, 6.07) is 22.6. The minimum absolute atomic E-state index is 0.0110. The molecule has 2 heterocycles. The SMILES string of the molecule is COC(=O)[C@H]1N[C@H](c2ccccc2)[C@]2([N+](=O)[O-])c3cc(OC(=O)c4ccccc4)ccc3N(S(=O)(=O)c3ccc(C)cc3)[C@H]12. The Morgan fingerprint density at radius 3 is 2.18 bits per heavy atom. The summed E-state index contributed by atoms with van der Waals surface area (Å²) in [5.74, 6) is -1.59. The molecule has 0 unspecified atom stereocenters. The maximum atomic E-state index is 14.4. The molecule has 0 aliphatic carbocycles. The van der Waals surface area contributed by atoms with E-state index in [1.807, 2.05) is 0 Å². The number of anilines is 1. The number of fused-ring (bicyclic) bond motifs is 3. The number of esters is 2. The van der Waals surface area contributed by atoms with Gasteiger partial charge in [-0.05, 0) is 55.0 Å². The lowest BCUT2D eigenvalue weighted by Gasteiger charge is -2.30. The standard InChI is InChI=1S/C32H27N3O8S/c1-20-13-16-24(17-14-20)44(40,41)34-26-18-15-23(43-30(36)22-11-7-4-8-12-22)19-25(26)32(35(38)39)28(21-9-5-3-6-10-21)33-27(29(32)34)31(37)42-2/h3-19,27-29,33H,1-2H3/t27-,28+,29+,32+/m0/s1. The molecule has 4 aromatic rings. The minimum atomic E-state index is -4.48. The lowest BCUT2D eigenvalue weighted by Crippen LogP contribution is -2.56. The molecule has 11 nitrogen and oxygen atoms in total. The predicted octanol–water partition coefficient (Wildman–Crippen LogP) is 4.15. The zero-order valence-corrected chi connectivity index (χ0v) is 24.4. The molecule has 0 saturated carbocycles. The Morgan fingerprint density at radius 2 is 1.57 bits per heavy atom. The first-order chi connectivity index (χ1) is 21.1. The van der Waals surface area contributed by atoms with Gasteiger partial charge in [0, 0.05) is 4.92 Å². The van der Waals surface area contributed by atoms with Crippen LogP contribution in [0.1, 0.15) is 33.1 Å². The number of nitrogens with one attached hydrogen (secondary N) is 1. The van der Waals surface area contributed by atoms with E-state index in [4.69, 9.17) is 9.47 Å². The second-order valence-corrected chi connectivity index (χ2v) is 12.4. The van der Waals surface area contributed by atoms with E-state index in [0.29, 0.717) is 5.56 Å². The van der Waals surface area contributed by atoms with Crippen LogP contribution in [0, 0.1) is 17.0 Å². The summed E-state index contributed by atoms with van der Waals surface area (Å²) in [5, 5.41) is 16.5. The van der Waals surface area contributed by atoms with Crippen LogP contribution in [0.3, 0.4) is 0 Å². The molecular weight excluding hydrogens is 586 g/mol. The van der Waals surface area contributed by atoms with Crippen LogP contribution >= 0.6 is 0 Å². The van der Waals surface area contributed by atoms with E-state index in [0.717, 1.165) is 17.0 Å². The van der Waals surface area contributed by atoms with E-state index in [2.05, 4.69) is 5.32 Å². The van der Waals surface area contributed by atoms with Gasteiger partial charge in [-0.25, -0.2) is 13.2 Å². The molecule has 1 fully saturated rings. The summed E-state index contributed by atoms with van der Waals surface area (Å²) in [5.41, 5.74) is -0.754. The number of hydrogen-bond acceptors (Lipinski definition) is 9. The molecule has 2 aliphatic rings. The number of methoxy groups -OCH3 is 1. The monoisotopic (exact) mass is 613 g/mol. The third kappa shape index (κ3) is 4.41. The van der Waals surface area contributed by atoms with Crippen molar-refractivity contribution >= 4 is 27.6 Å². The smallest absolute Gasteiger partial charge is 0.343 e. The Balaban J connectivity index is 1.61. The van der Waals surface area contributed by atoms with E-state index >= 15 is 0 Å². The third-order valence-corrected chi connectivity index (χ3v) is 9.94. The highest BCUT2D eigenvalue weighted by Crippen LogP contribution is 2.59. The molecule has 1 N–H and O–H groups in total. The Morgan fingerprint density at radius 1 is 0.932 bits per heavy atom. The number of rotatable bonds is 7. The van der Waals surface area contributed by atoms with Crippen LogP contribution in [0.15, 0.2) is 108 Å². The van der Waals surface area contributed by atoms with Crippen LogP contribution in [0.4, 0.5) is 5.69 Å². The van der Waals surface area contributed by atoms with Crippen molar-refractivity contribution in [2.45, 2.75) is 35.5 Å². The molecule has 12 heteroatoms. The highest BCUT2D eigenvalue weighted by atomic mass is 32.2. The average Bonchev–Trinajstić information content (AvgIpc) is 3.54. The van der Waals surface area contributed by atoms with Crippen molar-refractivity contribution in [3.8, 4) is 5.75 Å². The van der Waals surface area contributed by atoms with Crippen LogP contribution in [-0.4, -0.2) is 44.5 Å². The minimum Gasteiger partial charge on any atom is -0.468 e. The number of carbonyl (C=O) groups excluding carboxylic acids is 2. The van der Waals surface area contributed by atoms with Gasteiger partial charge in [-0.1, -0.05) is 66.2 Å². The molecule has 224 valence electrons. The number of hydrogen-bond donors (Lipinski definition) is 1. The highest BCUT2D eigenvalue weighted by Gasteiger charge is 2.75. The first kappa shape index (κ1) is 29.0. The van der Waals surface area contributed by atoms with Gasteiger partial charge >= 0.3 is 11.9 Å². The molecule has 1 saturated heterocycles. The zero-order chi connectivity index (χ0) is 31.2. The van der Waals surface area contributed by atoms with Gasteiger partial charge in [0.1, 0.15) is 23.9 Å². The van der Waals surface area contributed by atoms with Crippen molar-refractivity contribution in [1.29, 1.82) is 0 Å². The molecule has 6 rings (SSSR count). The summed E-state index contributed by atoms with van der Waals surface area (Å²) in [4.78, 5) is 39.0. The number of nitrogens with zero attached hydrogens (tertiary/aromatic N) is 2. The number of carbonyl (C=O) groups is 2. The van der Waals surface area contributed by atoms with Gasteiger partial charge in [-0.3, -0.25) is 24.5 Å². The Hall–Kier alpha value is -5.07. The van der Waals surface area contributed by atoms with Crippen LogP contribution in [-0.2, 0) is 25.1 Å². The van der Waals surface area contributed by atoms with E-state index in [1.54, 1.807) is 79.7 Å². The summed E-state index contributed by atoms with van der Waals surface area (Å²) >= 11 is 0. The van der Waals surface area contributed by atoms with Crippen molar-refractivity contribution in [2.24, 2.45) is 0 Å². The average molecular weight is 614 g/mol. The van der Waals surface area contributed by atoms with E-state index in [-0.39, 0.29) is 27.5 Å². The Bertz CT molecular complexity index is 1870. The molecule has 4 aromatic carbocycles. The first-order valence-corrected chi connectivity index (χ1v) is 15.1. The zero-order valence-electron chi connectivity index (χ0n) is 23.6. The number of ether oxygens (including phenoxy) is 2. The fourth-order valence-electron chi connectivity index (χ4n) is 6.17. The van der Waals surface area contributed by atoms with Gasteiger partial charge in [0.2, 0.25) is 0 Å². The molecule has 4 atom stereocenters. The summed E-state index contributed by atoms with van der Waals surface area (Å²) in [6.45, 7) is 1.80. The Kier molecular flexibility index (Phi) is 7.18. The van der Waals surface area contributed by atoms with Crippen LogP contribution < -0.4 is 14.4 Å². The predicted molar refractivity (Wildman–Crippen MR) is 159 cm³/mol. The topological polar surface area (TPSA) is 145 Å². The number of nitro groups is 1. The first-order valence-electron chi connectivity index (χ1n) is 13.7. The summed E-state index contributed by atoms with van der Waals surface area (Å²) in [7, 11) is -3.35.